The van der Waals surface area contributed by atoms with Gasteiger partial charge < -0.3 is 9.73 Å². The van der Waals surface area contributed by atoms with Crippen molar-refractivity contribution < 1.29 is 14.0 Å². The summed E-state index contributed by atoms with van der Waals surface area (Å²) in [7, 11) is 0. The Labute approximate surface area is 115 Å². The molecule has 2 amide bonds. The number of nitrogens with zero attached hydrogens (tertiary/aromatic N) is 1. The van der Waals surface area contributed by atoms with Crippen LogP contribution in [-0.4, -0.2) is 24.6 Å². The standard InChI is InChI=1S/C14H13N3O3/c18-13(17-16-8-11-6-7-20-10-11)9-15-14(19)12-4-2-1-3-5-12/h1-8,10H,9H2,(H,15,19)(H,17,18)/b16-8+. The minimum Gasteiger partial charge on any atom is -0.472 e. The lowest BCUT2D eigenvalue weighted by Crippen LogP contribution is -2.34. The molecule has 1 aromatic heterocycles. The van der Waals surface area contributed by atoms with Gasteiger partial charge in [-0.3, -0.25) is 9.59 Å². The van der Waals surface area contributed by atoms with Crippen molar-refractivity contribution >= 4 is 18.0 Å². The summed E-state index contributed by atoms with van der Waals surface area (Å²) >= 11 is 0. The molecule has 6 heteroatoms. The molecule has 1 aromatic carbocycles. The van der Waals surface area contributed by atoms with E-state index in [4.69, 9.17) is 4.42 Å². The van der Waals surface area contributed by atoms with E-state index in [9.17, 15) is 9.59 Å². The molecule has 1 heterocycles. The number of carbonyl (C=O) groups is 2. The molecule has 0 aliphatic heterocycles. The van der Waals surface area contributed by atoms with E-state index >= 15 is 0 Å². The van der Waals surface area contributed by atoms with Crippen molar-refractivity contribution in [2.75, 3.05) is 6.54 Å². The van der Waals surface area contributed by atoms with Crippen molar-refractivity contribution in [1.29, 1.82) is 0 Å². The lowest BCUT2D eigenvalue weighted by atomic mass is 10.2. The Morgan fingerprint density at radius 2 is 2.00 bits per heavy atom. The first kappa shape index (κ1) is 13.5. The molecule has 20 heavy (non-hydrogen) atoms. The molecule has 0 bridgehead atoms. The summed E-state index contributed by atoms with van der Waals surface area (Å²) in [6.45, 7) is -0.142. The third kappa shape index (κ3) is 4.09. The van der Waals surface area contributed by atoms with Crippen LogP contribution in [0, 0.1) is 0 Å². The van der Waals surface area contributed by atoms with Crippen LogP contribution in [-0.2, 0) is 4.79 Å². The van der Waals surface area contributed by atoms with Crippen LogP contribution in [0.4, 0.5) is 0 Å². The number of amides is 2. The summed E-state index contributed by atoms with van der Waals surface area (Å²) < 4.78 is 4.84. The van der Waals surface area contributed by atoms with Gasteiger partial charge in [-0.25, -0.2) is 5.43 Å². The zero-order valence-corrected chi connectivity index (χ0v) is 10.6. The number of hydrazone groups is 1. The molecule has 2 N–H and O–H groups in total. The monoisotopic (exact) mass is 271 g/mol. The van der Waals surface area contributed by atoms with E-state index in [2.05, 4.69) is 15.8 Å². The molecule has 102 valence electrons. The third-order valence-corrected chi connectivity index (χ3v) is 2.39. The van der Waals surface area contributed by atoms with Crippen molar-refractivity contribution in [2.45, 2.75) is 0 Å². The number of furan rings is 1. The topological polar surface area (TPSA) is 83.7 Å². The smallest absolute Gasteiger partial charge is 0.259 e. The van der Waals surface area contributed by atoms with E-state index in [1.54, 1.807) is 30.3 Å². The van der Waals surface area contributed by atoms with Gasteiger partial charge in [0.1, 0.15) is 0 Å². The molecule has 0 saturated carbocycles. The Bertz CT molecular complexity index is 591. The number of nitrogens with one attached hydrogen (secondary N) is 2. The first-order valence-corrected chi connectivity index (χ1v) is 5.93. The molecule has 0 unspecified atom stereocenters. The van der Waals surface area contributed by atoms with E-state index < -0.39 is 5.91 Å². The molecule has 0 radical (unpaired) electrons. The summed E-state index contributed by atoms with van der Waals surface area (Å²) in [5, 5.41) is 6.23. The molecule has 0 aliphatic carbocycles. The summed E-state index contributed by atoms with van der Waals surface area (Å²) in [6, 6.07) is 10.4. The van der Waals surface area contributed by atoms with Gasteiger partial charge in [0, 0.05) is 11.1 Å². The Kier molecular flexibility index (Phi) is 4.66. The van der Waals surface area contributed by atoms with Gasteiger partial charge in [-0.1, -0.05) is 18.2 Å². The lowest BCUT2D eigenvalue weighted by Gasteiger charge is -2.03. The summed E-state index contributed by atoms with van der Waals surface area (Å²) in [5.74, 6) is -0.714. The molecule has 2 aromatic rings. The largest absolute Gasteiger partial charge is 0.472 e. The predicted octanol–water partition coefficient (Wildman–Crippen LogP) is 1.16. The Hall–Kier alpha value is -2.89. The van der Waals surface area contributed by atoms with Crippen molar-refractivity contribution in [1.82, 2.24) is 10.7 Å². The highest BCUT2D eigenvalue weighted by Gasteiger charge is 2.06. The summed E-state index contributed by atoms with van der Waals surface area (Å²) in [6.07, 6.45) is 4.44. The van der Waals surface area contributed by atoms with Crippen molar-refractivity contribution in [3.63, 3.8) is 0 Å². The fraction of sp³-hybridized carbons (Fsp3) is 0.0714. The van der Waals surface area contributed by atoms with Gasteiger partial charge in [-0.05, 0) is 18.2 Å². The second kappa shape index (κ2) is 6.89. The van der Waals surface area contributed by atoms with Gasteiger partial charge in [0.25, 0.3) is 11.8 Å². The Morgan fingerprint density at radius 1 is 1.20 bits per heavy atom. The van der Waals surface area contributed by atoms with Crippen LogP contribution >= 0.6 is 0 Å². The van der Waals surface area contributed by atoms with Gasteiger partial charge in [0.2, 0.25) is 0 Å². The SMILES string of the molecule is O=C(CNC(=O)c1ccccc1)N/N=C/c1ccoc1. The van der Waals surface area contributed by atoms with E-state index in [0.29, 0.717) is 5.56 Å². The number of rotatable bonds is 5. The van der Waals surface area contributed by atoms with Crippen molar-refractivity contribution in [3.05, 3.63) is 60.1 Å². The average molecular weight is 271 g/mol. The minimum atomic E-state index is -0.408. The van der Waals surface area contributed by atoms with Crippen molar-refractivity contribution in [3.8, 4) is 0 Å². The number of hydrogen-bond donors (Lipinski definition) is 2. The second-order valence-electron chi connectivity index (χ2n) is 3.90. The van der Waals surface area contributed by atoms with E-state index in [-0.39, 0.29) is 12.5 Å². The second-order valence-corrected chi connectivity index (χ2v) is 3.90. The molecular formula is C14H13N3O3. The van der Waals surface area contributed by atoms with Gasteiger partial charge in [-0.2, -0.15) is 5.10 Å². The molecular weight excluding hydrogens is 258 g/mol. The minimum absolute atomic E-state index is 0.142. The number of carbonyl (C=O) groups excluding carboxylic acids is 2. The molecule has 2 rings (SSSR count). The molecule has 0 atom stereocenters. The normalized spacial score (nSPS) is 10.4. The van der Waals surface area contributed by atoms with Crippen LogP contribution in [0.25, 0.3) is 0 Å². The van der Waals surface area contributed by atoms with E-state index in [1.807, 2.05) is 6.07 Å². The molecule has 0 spiro atoms. The third-order valence-electron chi connectivity index (χ3n) is 2.39. The quantitative estimate of drug-likeness (QED) is 0.632. The Balaban J connectivity index is 1.74. The first-order valence-electron chi connectivity index (χ1n) is 5.93. The fourth-order valence-electron chi connectivity index (χ4n) is 1.42. The predicted molar refractivity (Wildman–Crippen MR) is 73.2 cm³/mol. The average Bonchev–Trinajstić information content (AvgIpc) is 2.99. The van der Waals surface area contributed by atoms with Crippen LogP contribution in [0.2, 0.25) is 0 Å². The van der Waals surface area contributed by atoms with Crippen LogP contribution < -0.4 is 10.7 Å². The van der Waals surface area contributed by atoms with Gasteiger partial charge in [-0.15, -0.1) is 0 Å². The van der Waals surface area contributed by atoms with Crippen LogP contribution in [0.1, 0.15) is 15.9 Å². The Morgan fingerprint density at radius 3 is 2.70 bits per heavy atom. The zero-order chi connectivity index (χ0) is 14.2. The first-order chi connectivity index (χ1) is 9.75. The number of benzene rings is 1. The van der Waals surface area contributed by atoms with Gasteiger partial charge in [0.05, 0.1) is 25.3 Å². The summed E-state index contributed by atoms with van der Waals surface area (Å²) in [4.78, 5) is 23.1. The number of hydrogen-bond acceptors (Lipinski definition) is 4. The van der Waals surface area contributed by atoms with Crippen LogP contribution in [0.15, 0.2) is 58.4 Å². The molecule has 0 saturated heterocycles. The molecule has 6 nitrogen and oxygen atoms in total. The van der Waals surface area contributed by atoms with Crippen LogP contribution in [0.5, 0.6) is 0 Å². The maximum atomic E-state index is 11.7. The maximum absolute atomic E-state index is 11.7. The highest BCUT2D eigenvalue weighted by atomic mass is 16.3. The van der Waals surface area contributed by atoms with Crippen LogP contribution in [0.3, 0.4) is 0 Å². The van der Waals surface area contributed by atoms with E-state index in [0.717, 1.165) is 5.56 Å². The van der Waals surface area contributed by atoms with Gasteiger partial charge >= 0.3 is 0 Å². The fourth-order valence-corrected chi connectivity index (χ4v) is 1.42. The van der Waals surface area contributed by atoms with E-state index in [1.165, 1.54) is 18.7 Å². The van der Waals surface area contributed by atoms with Crippen molar-refractivity contribution in [2.24, 2.45) is 5.10 Å². The lowest BCUT2D eigenvalue weighted by molar-refractivity contribution is -0.120. The van der Waals surface area contributed by atoms with Gasteiger partial charge in [0.15, 0.2) is 0 Å². The maximum Gasteiger partial charge on any atom is 0.259 e. The zero-order valence-electron chi connectivity index (χ0n) is 10.6. The molecule has 0 fully saturated rings. The highest BCUT2D eigenvalue weighted by molar-refractivity contribution is 5.96. The highest BCUT2D eigenvalue weighted by Crippen LogP contribution is 1.97. The molecule has 0 aliphatic rings. The summed E-state index contributed by atoms with van der Waals surface area (Å²) in [5.41, 5.74) is 3.54.